The van der Waals surface area contributed by atoms with Crippen LogP contribution < -0.4 is 16.8 Å². The van der Waals surface area contributed by atoms with Crippen molar-refractivity contribution in [1.82, 2.24) is 10.2 Å². The Morgan fingerprint density at radius 3 is 2.20 bits per heavy atom. The minimum absolute atomic E-state index is 0.469. The average molecular weight is 436 g/mol. The summed E-state index contributed by atoms with van der Waals surface area (Å²) in [7, 11) is 0. The second kappa shape index (κ2) is 11.1. The van der Waals surface area contributed by atoms with E-state index in [1.54, 1.807) is 0 Å². The number of nitrogens with two attached hydrogens (primary N) is 2. The van der Waals surface area contributed by atoms with Crippen LogP contribution in [0, 0.1) is 0 Å². The van der Waals surface area contributed by atoms with Crippen molar-refractivity contribution in [2.24, 2.45) is 11.5 Å². The highest BCUT2D eigenvalue weighted by molar-refractivity contribution is 5.89. The Bertz CT molecular complexity index is 648. The summed E-state index contributed by atoms with van der Waals surface area (Å²) in [5.74, 6) is -4.22. The molecule has 30 heavy (non-hydrogen) atoms. The molecule has 0 aromatic heterocycles. The Hall–Kier alpha value is -2.36. The molecule has 1 aliphatic rings. The molecule has 3 amide bonds. The molecule has 0 bridgehead atoms. The maximum absolute atomic E-state index is 12.9. The third kappa shape index (κ3) is 6.07. The van der Waals surface area contributed by atoms with Crippen LogP contribution in [0.1, 0.15) is 19.8 Å². The van der Waals surface area contributed by atoms with E-state index in [2.05, 4.69) is 5.32 Å². The third-order valence-electron chi connectivity index (χ3n) is 4.61. The number of nitrogens with one attached hydrogen (secondary N) is 1. The topological polar surface area (TPSA) is 246 Å². The molecule has 1 heterocycles. The lowest BCUT2D eigenvalue weighted by molar-refractivity contribution is -0.236. The van der Waals surface area contributed by atoms with E-state index in [4.69, 9.17) is 21.3 Å². The fourth-order valence-electron chi connectivity index (χ4n) is 3.13. The molecule has 1 fully saturated rings. The molecule has 14 heteroatoms. The highest BCUT2D eigenvalue weighted by Crippen LogP contribution is 2.27. The van der Waals surface area contributed by atoms with E-state index in [1.165, 1.54) is 0 Å². The van der Waals surface area contributed by atoms with Crippen molar-refractivity contribution in [3.63, 3.8) is 0 Å². The zero-order valence-corrected chi connectivity index (χ0v) is 16.2. The van der Waals surface area contributed by atoms with Crippen LogP contribution in [0.3, 0.4) is 0 Å². The summed E-state index contributed by atoms with van der Waals surface area (Å²) in [5.41, 5.74) is 10.9. The lowest BCUT2D eigenvalue weighted by Crippen LogP contribution is -2.72. The number of amides is 3. The highest BCUT2D eigenvalue weighted by atomic mass is 16.5. The van der Waals surface area contributed by atoms with Crippen molar-refractivity contribution < 1.29 is 49.4 Å². The number of hydrogen-bond donors (Lipinski definition) is 8. The van der Waals surface area contributed by atoms with Crippen LogP contribution in [0.25, 0.3) is 0 Å². The first kappa shape index (κ1) is 25.7. The predicted molar refractivity (Wildman–Crippen MR) is 97.1 cm³/mol. The van der Waals surface area contributed by atoms with E-state index in [-0.39, 0.29) is 0 Å². The van der Waals surface area contributed by atoms with Gasteiger partial charge in [-0.25, -0.2) is 0 Å². The summed E-state index contributed by atoms with van der Waals surface area (Å²) in [6, 6.07) is -4.69. The van der Waals surface area contributed by atoms with Crippen molar-refractivity contribution in [3.05, 3.63) is 0 Å². The highest BCUT2D eigenvalue weighted by Gasteiger charge is 2.50. The zero-order chi connectivity index (χ0) is 23.2. The SMILES string of the molecule is CC(=O)N[C@H]1C(N(C(=O)[C@@H](N)CO)[C@H](CCC(=O)O)C(N)=O)O[C@H](CO)[C@H](O)[C@@H]1O. The van der Waals surface area contributed by atoms with Gasteiger partial charge in [-0.2, -0.15) is 0 Å². The molecule has 1 unspecified atom stereocenters. The van der Waals surface area contributed by atoms with Gasteiger partial charge in [-0.3, -0.25) is 19.2 Å². The molecule has 0 spiro atoms. The average Bonchev–Trinajstić information content (AvgIpc) is 2.67. The molecular weight excluding hydrogens is 408 g/mol. The smallest absolute Gasteiger partial charge is 0.303 e. The Labute approximate surface area is 171 Å². The number of aliphatic hydroxyl groups excluding tert-OH is 4. The van der Waals surface area contributed by atoms with E-state index in [9.17, 15) is 39.6 Å². The first-order valence-corrected chi connectivity index (χ1v) is 9.05. The first-order chi connectivity index (χ1) is 14.0. The number of nitrogens with zero attached hydrogens (tertiary/aromatic N) is 1. The van der Waals surface area contributed by atoms with Crippen LogP contribution in [-0.2, 0) is 23.9 Å². The lowest BCUT2D eigenvalue weighted by atomic mass is 9.93. The number of carbonyl (C=O) groups excluding carboxylic acids is 3. The van der Waals surface area contributed by atoms with Crippen molar-refractivity contribution >= 4 is 23.7 Å². The number of carboxylic acid groups (broad SMARTS) is 1. The van der Waals surface area contributed by atoms with Gasteiger partial charge in [0.1, 0.15) is 36.4 Å². The van der Waals surface area contributed by atoms with Crippen LogP contribution in [-0.4, -0.2) is 110 Å². The molecule has 172 valence electrons. The van der Waals surface area contributed by atoms with Gasteiger partial charge in [0, 0.05) is 13.3 Å². The lowest BCUT2D eigenvalue weighted by Gasteiger charge is -2.48. The van der Waals surface area contributed by atoms with Gasteiger partial charge in [-0.1, -0.05) is 0 Å². The number of rotatable bonds is 10. The van der Waals surface area contributed by atoms with Gasteiger partial charge in [-0.15, -0.1) is 0 Å². The Balaban J connectivity index is 3.50. The standard InChI is InChI=1S/C16H28N4O10/c1-6(23)19-11-13(27)12(26)9(5-22)30-16(11)20(15(29)7(17)4-21)8(14(18)28)2-3-10(24)25/h7-9,11-13,16,21-22,26-27H,2-5,17H2,1H3,(H2,18,28)(H,19,23)(H,24,25)/t7-,8+,9+,11+,12-,13+,16?/m0/s1. The van der Waals surface area contributed by atoms with Gasteiger partial charge in [-0.05, 0) is 6.42 Å². The predicted octanol–water partition coefficient (Wildman–Crippen LogP) is -5.20. The second-order valence-corrected chi connectivity index (χ2v) is 6.84. The quantitative estimate of drug-likeness (QED) is 0.161. The number of carbonyl (C=O) groups is 4. The van der Waals surface area contributed by atoms with Crippen LogP contribution in [0.15, 0.2) is 0 Å². The molecule has 7 atom stereocenters. The number of ether oxygens (including phenoxy) is 1. The largest absolute Gasteiger partial charge is 0.481 e. The van der Waals surface area contributed by atoms with Gasteiger partial charge < -0.3 is 52.0 Å². The molecule has 14 nitrogen and oxygen atoms in total. The molecule has 1 rings (SSSR count). The van der Waals surface area contributed by atoms with Gasteiger partial charge in [0.2, 0.25) is 17.7 Å². The molecule has 10 N–H and O–H groups in total. The number of aliphatic carboxylic acids is 1. The Morgan fingerprint density at radius 2 is 1.77 bits per heavy atom. The van der Waals surface area contributed by atoms with Crippen molar-refractivity contribution in [2.45, 2.75) is 62.4 Å². The summed E-state index contributed by atoms with van der Waals surface area (Å²) < 4.78 is 5.49. The zero-order valence-electron chi connectivity index (χ0n) is 16.2. The summed E-state index contributed by atoms with van der Waals surface area (Å²) in [6.45, 7) is -0.576. The molecular formula is C16H28N4O10. The molecule has 0 saturated carbocycles. The third-order valence-corrected chi connectivity index (χ3v) is 4.61. The van der Waals surface area contributed by atoms with E-state index in [0.717, 1.165) is 6.92 Å². The monoisotopic (exact) mass is 436 g/mol. The molecule has 0 aromatic carbocycles. The van der Waals surface area contributed by atoms with Crippen LogP contribution in [0.4, 0.5) is 0 Å². The van der Waals surface area contributed by atoms with Crippen LogP contribution in [0.5, 0.6) is 0 Å². The summed E-state index contributed by atoms with van der Waals surface area (Å²) in [5, 5.41) is 50.5. The van der Waals surface area contributed by atoms with E-state index in [0.29, 0.717) is 4.90 Å². The molecule has 1 saturated heterocycles. The van der Waals surface area contributed by atoms with Gasteiger partial charge in [0.25, 0.3) is 0 Å². The van der Waals surface area contributed by atoms with Crippen molar-refractivity contribution in [1.29, 1.82) is 0 Å². The molecule has 0 radical (unpaired) electrons. The number of aliphatic hydroxyl groups is 4. The summed E-state index contributed by atoms with van der Waals surface area (Å²) in [6.07, 6.45) is -7.58. The maximum Gasteiger partial charge on any atom is 0.303 e. The number of carboxylic acids is 1. The number of hydrogen-bond acceptors (Lipinski definition) is 10. The van der Waals surface area contributed by atoms with Crippen LogP contribution in [0.2, 0.25) is 0 Å². The second-order valence-electron chi connectivity index (χ2n) is 6.84. The Kier molecular flexibility index (Phi) is 9.54. The summed E-state index contributed by atoms with van der Waals surface area (Å²) >= 11 is 0. The summed E-state index contributed by atoms with van der Waals surface area (Å²) in [4.78, 5) is 48.1. The molecule has 1 aliphatic heterocycles. The van der Waals surface area contributed by atoms with Crippen LogP contribution >= 0.6 is 0 Å². The maximum atomic E-state index is 12.9. The minimum Gasteiger partial charge on any atom is -0.481 e. The fourth-order valence-corrected chi connectivity index (χ4v) is 3.13. The Morgan fingerprint density at radius 1 is 1.17 bits per heavy atom. The first-order valence-electron chi connectivity index (χ1n) is 9.05. The van der Waals surface area contributed by atoms with Crippen molar-refractivity contribution in [3.8, 4) is 0 Å². The van der Waals surface area contributed by atoms with E-state index < -0.39 is 92.4 Å². The minimum atomic E-state index is -1.75. The molecule has 0 aromatic rings. The van der Waals surface area contributed by atoms with E-state index in [1.807, 2.05) is 0 Å². The van der Waals surface area contributed by atoms with Crippen molar-refractivity contribution in [2.75, 3.05) is 13.2 Å². The van der Waals surface area contributed by atoms with Gasteiger partial charge in [0.15, 0.2) is 6.23 Å². The van der Waals surface area contributed by atoms with E-state index >= 15 is 0 Å². The fraction of sp³-hybridized carbons (Fsp3) is 0.750. The normalized spacial score (nSPS) is 28.3. The van der Waals surface area contributed by atoms with Gasteiger partial charge in [0.05, 0.1) is 13.2 Å². The number of primary amides is 1. The molecule has 0 aliphatic carbocycles. The van der Waals surface area contributed by atoms with Gasteiger partial charge >= 0.3 is 5.97 Å².